The summed E-state index contributed by atoms with van der Waals surface area (Å²) in [5.41, 5.74) is 1.65. The third-order valence-corrected chi connectivity index (χ3v) is 4.75. The fraction of sp³-hybridized carbons (Fsp3) is 0.316. The molecule has 0 aromatic heterocycles. The summed E-state index contributed by atoms with van der Waals surface area (Å²) in [5, 5.41) is 2.63. The summed E-state index contributed by atoms with van der Waals surface area (Å²) >= 11 is 0. The average Bonchev–Trinajstić information content (AvgIpc) is 2.52. The molecule has 0 spiro atoms. The zero-order chi connectivity index (χ0) is 18.7. The van der Waals surface area contributed by atoms with Crippen molar-refractivity contribution in [3.8, 4) is 5.75 Å². The summed E-state index contributed by atoms with van der Waals surface area (Å²) in [7, 11) is -3.32. The van der Waals surface area contributed by atoms with E-state index in [9.17, 15) is 13.2 Å². The van der Waals surface area contributed by atoms with Crippen molar-refractivity contribution in [2.45, 2.75) is 31.1 Å². The lowest BCUT2D eigenvalue weighted by Gasteiger charge is -2.19. The molecule has 0 aliphatic carbocycles. The molecule has 6 heteroatoms. The Morgan fingerprint density at radius 1 is 1.08 bits per heavy atom. The van der Waals surface area contributed by atoms with Gasteiger partial charge in [0.15, 0.2) is 16.4 Å². The maximum Gasteiger partial charge on any atom is 0.262 e. The number of hydrogen-bond donors (Lipinski definition) is 1. The summed E-state index contributed by atoms with van der Waals surface area (Å²) < 4.78 is 28.6. The molecule has 5 nitrogen and oxygen atoms in total. The van der Waals surface area contributed by atoms with Crippen molar-refractivity contribution in [2.24, 2.45) is 0 Å². The first-order chi connectivity index (χ1) is 11.6. The van der Waals surface area contributed by atoms with Crippen LogP contribution < -0.4 is 10.1 Å². The van der Waals surface area contributed by atoms with Gasteiger partial charge in [-0.15, -0.1) is 0 Å². The standard InChI is InChI=1S/C19H23NO4S/c1-19(2,3)14-8-10-16(11-9-14)24-13-18(21)20-15-6-5-7-17(12-15)25(4,22)23/h5-12H,13H2,1-4H3,(H,20,21). The molecule has 0 heterocycles. The van der Waals surface area contributed by atoms with Gasteiger partial charge in [0.2, 0.25) is 0 Å². The molecule has 0 aliphatic rings. The number of benzene rings is 2. The zero-order valence-electron chi connectivity index (χ0n) is 14.9. The van der Waals surface area contributed by atoms with Gasteiger partial charge in [0.05, 0.1) is 4.90 Å². The number of carbonyl (C=O) groups excluding carboxylic acids is 1. The zero-order valence-corrected chi connectivity index (χ0v) is 15.7. The fourth-order valence-corrected chi connectivity index (χ4v) is 2.87. The first-order valence-corrected chi connectivity index (χ1v) is 9.78. The van der Waals surface area contributed by atoms with Crippen LogP contribution in [0.3, 0.4) is 0 Å². The molecule has 25 heavy (non-hydrogen) atoms. The Balaban J connectivity index is 1.95. The molecule has 2 rings (SSSR count). The van der Waals surface area contributed by atoms with Crippen LogP contribution >= 0.6 is 0 Å². The average molecular weight is 361 g/mol. The summed E-state index contributed by atoms with van der Waals surface area (Å²) in [6.45, 7) is 6.22. The van der Waals surface area contributed by atoms with Crippen LogP contribution in [0.15, 0.2) is 53.4 Å². The first kappa shape index (κ1) is 19.0. The largest absolute Gasteiger partial charge is 0.484 e. The number of amides is 1. The number of hydrogen-bond acceptors (Lipinski definition) is 4. The molecule has 134 valence electrons. The normalized spacial score (nSPS) is 11.8. The highest BCUT2D eigenvalue weighted by atomic mass is 32.2. The molecule has 1 amide bonds. The van der Waals surface area contributed by atoms with Crippen molar-refractivity contribution in [3.05, 3.63) is 54.1 Å². The molecule has 0 aliphatic heterocycles. The highest BCUT2D eigenvalue weighted by molar-refractivity contribution is 7.90. The SMILES string of the molecule is CC(C)(C)c1ccc(OCC(=O)Nc2cccc(S(C)(=O)=O)c2)cc1. The number of ether oxygens (including phenoxy) is 1. The molecule has 0 fully saturated rings. The van der Waals surface area contributed by atoms with E-state index in [0.29, 0.717) is 11.4 Å². The van der Waals surface area contributed by atoms with Crippen LogP contribution in [0.4, 0.5) is 5.69 Å². The van der Waals surface area contributed by atoms with E-state index >= 15 is 0 Å². The summed E-state index contributed by atoms with van der Waals surface area (Å²) in [4.78, 5) is 12.1. The maximum absolute atomic E-state index is 12.0. The summed E-state index contributed by atoms with van der Waals surface area (Å²) in [6.07, 6.45) is 1.12. The number of anilines is 1. The van der Waals surface area contributed by atoms with Gasteiger partial charge >= 0.3 is 0 Å². The Kier molecular flexibility index (Phi) is 5.52. The van der Waals surface area contributed by atoms with Gasteiger partial charge in [-0.3, -0.25) is 4.79 Å². The second-order valence-electron chi connectivity index (χ2n) is 6.91. The molecular formula is C19H23NO4S. The van der Waals surface area contributed by atoms with Crippen molar-refractivity contribution in [1.29, 1.82) is 0 Å². The summed E-state index contributed by atoms with van der Waals surface area (Å²) in [5.74, 6) is 0.249. The highest BCUT2D eigenvalue weighted by Gasteiger charge is 2.13. The second kappa shape index (κ2) is 7.27. The monoisotopic (exact) mass is 361 g/mol. The quantitative estimate of drug-likeness (QED) is 0.886. The van der Waals surface area contributed by atoms with E-state index in [1.165, 1.54) is 17.7 Å². The van der Waals surface area contributed by atoms with E-state index in [4.69, 9.17) is 4.74 Å². The van der Waals surface area contributed by atoms with E-state index in [1.807, 2.05) is 24.3 Å². The topological polar surface area (TPSA) is 72.5 Å². The van der Waals surface area contributed by atoms with Gasteiger partial charge in [0.1, 0.15) is 5.75 Å². The van der Waals surface area contributed by atoms with Crippen LogP contribution in [0.25, 0.3) is 0 Å². The van der Waals surface area contributed by atoms with Crippen molar-refractivity contribution >= 4 is 21.4 Å². The number of nitrogens with one attached hydrogen (secondary N) is 1. The minimum Gasteiger partial charge on any atom is -0.484 e. The van der Waals surface area contributed by atoms with E-state index < -0.39 is 9.84 Å². The van der Waals surface area contributed by atoms with Crippen LogP contribution in [0.1, 0.15) is 26.3 Å². The van der Waals surface area contributed by atoms with Crippen molar-refractivity contribution in [3.63, 3.8) is 0 Å². The van der Waals surface area contributed by atoms with Crippen LogP contribution in [0.2, 0.25) is 0 Å². The van der Waals surface area contributed by atoms with Crippen LogP contribution in [0.5, 0.6) is 5.75 Å². The van der Waals surface area contributed by atoms with Gasteiger partial charge < -0.3 is 10.1 Å². The van der Waals surface area contributed by atoms with Gasteiger partial charge in [0.25, 0.3) is 5.91 Å². The van der Waals surface area contributed by atoms with Gasteiger partial charge in [-0.05, 0) is 41.3 Å². The Hall–Kier alpha value is -2.34. The Labute approximate surface area is 148 Å². The number of rotatable bonds is 5. The lowest BCUT2D eigenvalue weighted by atomic mass is 9.87. The third-order valence-electron chi connectivity index (χ3n) is 3.64. The van der Waals surface area contributed by atoms with Crippen LogP contribution in [-0.4, -0.2) is 27.2 Å². The first-order valence-electron chi connectivity index (χ1n) is 7.89. The van der Waals surface area contributed by atoms with E-state index in [1.54, 1.807) is 12.1 Å². The lowest BCUT2D eigenvalue weighted by molar-refractivity contribution is -0.118. The van der Waals surface area contributed by atoms with E-state index in [2.05, 4.69) is 26.1 Å². The van der Waals surface area contributed by atoms with E-state index in [0.717, 1.165) is 6.26 Å². The predicted molar refractivity (Wildman–Crippen MR) is 98.8 cm³/mol. The van der Waals surface area contributed by atoms with E-state index in [-0.39, 0.29) is 22.8 Å². The smallest absolute Gasteiger partial charge is 0.262 e. The maximum atomic E-state index is 12.0. The van der Waals surface area contributed by atoms with Crippen molar-refractivity contribution in [2.75, 3.05) is 18.2 Å². The van der Waals surface area contributed by atoms with Crippen molar-refractivity contribution in [1.82, 2.24) is 0 Å². The van der Waals surface area contributed by atoms with Crippen LogP contribution in [-0.2, 0) is 20.0 Å². The molecule has 2 aromatic carbocycles. The fourth-order valence-electron chi connectivity index (χ4n) is 2.20. The molecule has 1 N–H and O–H groups in total. The lowest BCUT2D eigenvalue weighted by Crippen LogP contribution is -2.20. The second-order valence-corrected chi connectivity index (χ2v) is 8.93. The van der Waals surface area contributed by atoms with Crippen molar-refractivity contribution < 1.29 is 17.9 Å². The summed E-state index contributed by atoms with van der Waals surface area (Å²) in [6, 6.07) is 13.7. The molecule has 0 saturated carbocycles. The number of sulfone groups is 1. The highest BCUT2D eigenvalue weighted by Crippen LogP contribution is 2.24. The minimum atomic E-state index is -3.32. The van der Waals surface area contributed by atoms with Gasteiger partial charge in [-0.25, -0.2) is 8.42 Å². The minimum absolute atomic E-state index is 0.0561. The molecule has 0 saturated heterocycles. The molecule has 2 aromatic rings. The molecule has 0 radical (unpaired) electrons. The molecular weight excluding hydrogens is 338 g/mol. The Morgan fingerprint density at radius 2 is 1.72 bits per heavy atom. The van der Waals surface area contributed by atoms with Crippen LogP contribution in [0, 0.1) is 0 Å². The number of carbonyl (C=O) groups is 1. The molecule has 0 bridgehead atoms. The Bertz CT molecular complexity index is 850. The van der Waals surface area contributed by atoms with Gasteiger partial charge in [-0.2, -0.15) is 0 Å². The predicted octanol–water partition coefficient (Wildman–Crippen LogP) is 3.41. The van der Waals surface area contributed by atoms with Gasteiger partial charge in [0, 0.05) is 11.9 Å². The third kappa shape index (κ3) is 5.60. The molecule has 0 atom stereocenters. The molecule has 0 unspecified atom stereocenters. The Morgan fingerprint density at radius 3 is 2.28 bits per heavy atom. The van der Waals surface area contributed by atoms with Gasteiger partial charge in [-0.1, -0.05) is 39.0 Å².